The number of thioether (sulfide) groups is 2. The van der Waals surface area contributed by atoms with Gasteiger partial charge in [-0.25, -0.2) is 0 Å². The zero-order valence-electron chi connectivity index (χ0n) is 13.5. The van der Waals surface area contributed by atoms with Crippen molar-refractivity contribution < 1.29 is 0 Å². The average Bonchev–Trinajstić information content (AvgIpc) is 2.53. The van der Waals surface area contributed by atoms with Crippen molar-refractivity contribution in [1.82, 2.24) is 4.90 Å². The van der Waals surface area contributed by atoms with Gasteiger partial charge in [-0.2, -0.15) is 0 Å². The van der Waals surface area contributed by atoms with Crippen molar-refractivity contribution >= 4 is 23.5 Å². The van der Waals surface area contributed by atoms with E-state index in [-0.39, 0.29) is 0 Å². The van der Waals surface area contributed by atoms with Crippen molar-refractivity contribution in [2.24, 2.45) is 0 Å². The highest BCUT2D eigenvalue weighted by Crippen LogP contribution is 2.38. The van der Waals surface area contributed by atoms with Gasteiger partial charge < -0.3 is 4.90 Å². The van der Waals surface area contributed by atoms with Crippen molar-refractivity contribution in [2.45, 2.75) is 23.1 Å². The van der Waals surface area contributed by atoms with Gasteiger partial charge >= 0.3 is 0 Å². The molecule has 3 heteroatoms. The maximum absolute atomic E-state index is 2.24. The molecule has 0 saturated carbocycles. The van der Waals surface area contributed by atoms with Crippen LogP contribution in [0, 0.1) is 0 Å². The highest BCUT2D eigenvalue weighted by atomic mass is 32.2. The molecule has 0 N–H and O–H groups in total. The van der Waals surface area contributed by atoms with Crippen LogP contribution >= 0.6 is 23.5 Å². The van der Waals surface area contributed by atoms with Crippen LogP contribution in [-0.2, 0) is 0 Å². The lowest BCUT2D eigenvalue weighted by molar-refractivity contribution is 0.452. The maximum Gasteiger partial charge on any atom is 0.0299 e. The number of nitrogens with zero attached hydrogens (tertiary/aromatic N) is 1. The van der Waals surface area contributed by atoms with E-state index in [0.29, 0.717) is 0 Å². The van der Waals surface area contributed by atoms with E-state index < -0.39 is 0 Å². The summed E-state index contributed by atoms with van der Waals surface area (Å²) in [5.74, 6) is 0. The summed E-state index contributed by atoms with van der Waals surface area (Å²) in [5, 5.41) is 0. The van der Waals surface area contributed by atoms with Gasteiger partial charge in [0.2, 0.25) is 0 Å². The molecule has 0 bridgehead atoms. The molecule has 0 radical (unpaired) electrons. The quantitative estimate of drug-likeness (QED) is 0.595. The van der Waals surface area contributed by atoms with Crippen molar-refractivity contribution in [1.29, 1.82) is 0 Å². The molecule has 116 valence electrons. The summed E-state index contributed by atoms with van der Waals surface area (Å²) in [6, 6.07) is 21.3. The van der Waals surface area contributed by atoms with Crippen LogP contribution in [0.5, 0.6) is 0 Å². The van der Waals surface area contributed by atoms with Gasteiger partial charge in [0.1, 0.15) is 0 Å². The molecule has 2 aromatic carbocycles. The van der Waals surface area contributed by atoms with Crippen LogP contribution in [0.2, 0.25) is 0 Å². The molecule has 0 heterocycles. The molecule has 2 aromatic rings. The molecule has 0 atom stereocenters. The molecule has 22 heavy (non-hydrogen) atoms. The van der Waals surface area contributed by atoms with Crippen molar-refractivity contribution in [3.05, 3.63) is 70.5 Å². The lowest BCUT2D eigenvalue weighted by atomic mass is 10.4. The number of benzene rings is 2. The van der Waals surface area contributed by atoms with Gasteiger partial charge in [-0.05, 0) is 44.8 Å². The number of hydrogen-bond acceptors (Lipinski definition) is 3. The van der Waals surface area contributed by atoms with Gasteiger partial charge in [0.15, 0.2) is 0 Å². The first-order chi connectivity index (χ1) is 10.7. The molecule has 0 spiro atoms. The fourth-order valence-electron chi connectivity index (χ4n) is 2.05. The fourth-order valence-corrected chi connectivity index (χ4v) is 4.36. The zero-order chi connectivity index (χ0) is 15.8. The Morgan fingerprint density at radius 3 is 1.64 bits per heavy atom. The maximum atomic E-state index is 2.24. The zero-order valence-corrected chi connectivity index (χ0v) is 15.1. The molecule has 0 fully saturated rings. The second-order valence-corrected chi connectivity index (χ2v) is 7.60. The Morgan fingerprint density at radius 1 is 0.773 bits per heavy atom. The van der Waals surface area contributed by atoms with Crippen LogP contribution < -0.4 is 0 Å². The van der Waals surface area contributed by atoms with E-state index in [4.69, 9.17) is 0 Å². The molecule has 0 aliphatic rings. The number of likely N-dealkylation sites (N-methyl/N-ethyl adjacent to an activating group) is 1. The van der Waals surface area contributed by atoms with Crippen LogP contribution in [0.1, 0.15) is 13.3 Å². The smallest absolute Gasteiger partial charge is 0.0299 e. The van der Waals surface area contributed by atoms with Gasteiger partial charge in [-0.3, -0.25) is 0 Å². The topological polar surface area (TPSA) is 3.24 Å². The second-order valence-electron chi connectivity index (χ2n) is 5.27. The molecule has 1 nitrogen and oxygen atoms in total. The fraction of sp³-hybridized carbons (Fsp3) is 0.263. The molecular weight excluding hydrogens is 306 g/mol. The highest BCUT2D eigenvalue weighted by molar-refractivity contribution is 8.06. The van der Waals surface area contributed by atoms with E-state index >= 15 is 0 Å². The summed E-state index contributed by atoms with van der Waals surface area (Å²) in [4.78, 5) is 7.75. The van der Waals surface area contributed by atoms with Crippen LogP contribution in [0.15, 0.2) is 80.3 Å². The van der Waals surface area contributed by atoms with Gasteiger partial charge in [0, 0.05) is 26.1 Å². The molecule has 0 aliphatic carbocycles. The standard InChI is InChI=1S/C19H23NS2/c1-4-18(21-16-11-7-5-8-12-16)19(15-20(2)3)22-17-13-9-6-10-14-17/h5-14H,4,15H2,1-3H3/b19-18-. The van der Waals surface area contributed by atoms with Crippen LogP contribution in [0.25, 0.3) is 0 Å². The van der Waals surface area contributed by atoms with Crippen molar-refractivity contribution in [3.63, 3.8) is 0 Å². The lowest BCUT2D eigenvalue weighted by Crippen LogP contribution is -2.14. The Kier molecular flexibility index (Phi) is 7.10. The van der Waals surface area contributed by atoms with Crippen molar-refractivity contribution in [3.8, 4) is 0 Å². The number of hydrogen-bond donors (Lipinski definition) is 0. The normalized spacial score (nSPS) is 12.4. The third-order valence-corrected chi connectivity index (χ3v) is 5.61. The van der Waals surface area contributed by atoms with Crippen LogP contribution in [0.3, 0.4) is 0 Å². The lowest BCUT2D eigenvalue weighted by Gasteiger charge is -2.17. The van der Waals surface area contributed by atoms with Gasteiger partial charge in [-0.1, -0.05) is 66.8 Å². The molecule has 0 amide bonds. The van der Waals surface area contributed by atoms with Gasteiger partial charge in [0.25, 0.3) is 0 Å². The Balaban J connectivity index is 2.26. The summed E-state index contributed by atoms with van der Waals surface area (Å²) in [6.07, 6.45) is 1.06. The first-order valence-corrected chi connectivity index (χ1v) is 9.15. The summed E-state index contributed by atoms with van der Waals surface area (Å²) in [5.41, 5.74) is 0. The molecule has 0 aliphatic heterocycles. The largest absolute Gasteiger partial charge is 0.305 e. The van der Waals surface area contributed by atoms with Crippen molar-refractivity contribution in [2.75, 3.05) is 20.6 Å². The third kappa shape index (κ3) is 5.56. The van der Waals surface area contributed by atoms with Gasteiger partial charge in [0.05, 0.1) is 0 Å². The predicted octanol–water partition coefficient (Wildman–Crippen LogP) is 5.75. The van der Waals surface area contributed by atoms with E-state index in [0.717, 1.165) is 13.0 Å². The number of rotatable bonds is 7. The van der Waals surface area contributed by atoms with E-state index in [1.165, 1.54) is 19.6 Å². The Bertz CT molecular complexity index is 591. The van der Waals surface area contributed by atoms with E-state index in [9.17, 15) is 0 Å². The molecule has 2 rings (SSSR count). The average molecular weight is 330 g/mol. The van der Waals surface area contributed by atoms with E-state index in [2.05, 4.69) is 86.6 Å². The molecular formula is C19H23NS2. The second kappa shape index (κ2) is 9.09. The summed E-state index contributed by atoms with van der Waals surface area (Å²) in [6.45, 7) is 3.22. The minimum atomic E-state index is 0.975. The summed E-state index contributed by atoms with van der Waals surface area (Å²) < 4.78 is 0. The van der Waals surface area contributed by atoms with Gasteiger partial charge in [-0.15, -0.1) is 0 Å². The van der Waals surface area contributed by atoms with Crippen LogP contribution in [-0.4, -0.2) is 25.5 Å². The molecule has 0 aromatic heterocycles. The van der Waals surface area contributed by atoms with Crippen LogP contribution in [0.4, 0.5) is 0 Å². The first kappa shape index (κ1) is 17.2. The summed E-state index contributed by atoms with van der Waals surface area (Å²) >= 11 is 3.78. The Morgan fingerprint density at radius 2 is 1.23 bits per heavy atom. The molecule has 0 unspecified atom stereocenters. The SMILES string of the molecule is CC/C(Sc1ccccc1)=C(\CN(C)C)Sc1ccccc1. The summed E-state index contributed by atoms with van der Waals surface area (Å²) in [7, 11) is 4.26. The molecule has 0 saturated heterocycles. The van der Waals surface area contributed by atoms with E-state index in [1.807, 2.05) is 23.5 Å². The monoisotopic (exact) mass is 329 g/mol. The Labute approximate surface area is 142 Å². The Hall–Kier alpha value is -1.16. The van der Waals surface area contributed by atoms with E-state index in [1.54, 1.807) is 0 Å². The number of allylic oxidation sites excluding steroid dienone is 1. The first-order valence-electron chi connectivity index (χ1n) is 7.51. The third-order valence-electron chi connectivity index (χ3n) is 3.06. The minimum absolute atomic E-state index is 0.975. The highest BCUT2D eigenvalue weighted by Gasteiger charge is 2.10. The minimum Gasteiger partial charge on any atom is -0.305 e. The predicted molar refractivity (Wildman–Crippen MR) is 100 cm³/mol.